The zero-order chi connectivity index (χ0) is 9.14. The topological polar surface area (TPSA) is 12.9 Å². The third kappa shape index (κ3) is 2.35. The van der Waals surface area contributed by atoms with Crippen LogP contribution in [0.5, 0.6) is 0 Å². The number of halogens is 2. The summed E-state index contributed by atoms with van der Waals surface area (Å²) in [5.74, 6) is -0.595. The third-order valence-corrected chi connectivity index (χ3v) is 2.71. The molecule has 1 nitrogen and oxygen atoms in total. The van der Waals surface area contributed by atoms with Crippen molar-refractivity contribution in [3.05, 3.63) is 23.2 Å². The van der Waals surface area contributed by atoms with Crippen molar-refractivity contribution in [3.63, 3.8) is 0 Å². The van der Waals surface area contributed by atoms with E-state index in [0.717, 1.165) is 4.90 Å². The summed E-state index contributed by atoms with van der Waals surface area (Å²) < 4.78 is 12.8. The van der Waals surface area contributed by atoms with E-state index in [4.69, 9.17) is 11.6 Å². The van der Waals surface area contributed by atoms with Crippen LogP contribution in [0.15, 0.2) is 17.2 Å². The molecule has 0 bridgehead atoms. The summed E-state index contributed by atoms with van der Waals surface area (Å²) in [6.45, 7) is 4.05. The SMILES string of the molecule is CC(C)Sc1ccnc(F)c1Cl. The minimum Gasteiger partial charge on any atom is -0.227 e. The highest BCUT2D eigenvalue weighted by Gasteiger charge is 2.08. The Hall–Kier alpha value is -0.280. The van der Waals surface area contributed by atoms with E-state index >= 15 is 0 Å². The Bertz CT molecular complexity index is 278. The molecule has 1 heterocycles. The van der Waals surface area contributed by atoms with Crippen molar-refractivity contribution in [3.8, 4) is 0 Å². The Balaban J connectivity index is 2.92. The zero-order valence-electron chi connectivity index (χ0n) is 6.84. The quantitative estimate of drug-likeness (QED) is 0.543. The molecule has 0 spiro atoms. The van der Waals surface area contributed by atoms with Gasteiger partial charge in [0.25, 0.3) is 0 Å². The summed E-state index contributed by atoms with van der Waals surface area (Å²) in [7, 11) is 0. The van der Waals surface area contributed by atoms with Gasteiger partial charge < -0.3 is 0 Å². The maximum absolute atomic E-state index is 12.8. The fourth-order valence-corrected chi connectivity index (χ4v) is 1.83. The number of hydrogen-bond donors (Lipinski definition) is 0. The molecule has 0 N–H and O–H groups in total. The molecule has 1 aromatic rings. The molecule has 0 atom stereocenters. The van der Waals surface area contributed by atoms with Crippen LogP contribution in [0.1, 0.15) is 13.8 Å². The van der Waals surface area contributed by atoms with E-state index in [2.05, 4.69) is 4.98 Å². The maximum Gasteiger partial charge on any atom is 0.232 e. The molecule has 0 radical (unpaired) electrons. The smallest absolute Gasteiger partial charge is 0.227 e. The third-order valence-electron chi connectivity index (χ3n) is 1.17. The van der Waals surface area contributed by atoms with Crippen molar-refractivity contribution < 1.29 is 4.39 Å². The molecule has 0 saturated carbocycles. The van der Waals surface area contributed by atoms with Crippen molar-refractivity contribution in [2.24, 2.45) is 0 Å². The lowest BCUT2D eigenvalue weighted by molar-refractivity contribution is 0.580. The maximum atomic E-state index is 12.8. The van der Waals surface area contributed by atoms with E-state index in [9.17, 15) is 4.39 Å². The molecule has 0 unspecified atom stereocenters. The van der Waals surface area contributed by atoms with Crippen molar-refractivity contribution in [1.82, 2.24) is 4.98 Å². The number of pyridine rings is 1. The molecule has 1 aromatic heterocycles. The van der Waals surface area contributed by atoms with Crippen LogP contribution < -0.4 is 0 Å². The minimum absolute atomic E-state index is 0.121. The molecule has 0 aromatic carbocycles. The van der Waals surface area contributed by atoms with Gasteiger partial charge in [-0.3, -0.25) is 0 Å². The molecular formula is C8H9ClFNS. The molecule has 0 fully saturated rings. The molecule has 4 heteroatoms. The van der Waals surface area contributed by atoms with E-state index in [1.165, 1.54) is 18.0 Å². The van der Waals surface area contributed by atoms with Crippen LogP contribution in [0, 0.1) is 5.95 Å². The highest BCUT2D eigenvalue weighted by molar-refractivity contribution is 8.00. The van der Waals surface area contributed by atoms with Crippen molar-refractivity contribution in [2.75, 3.05) is 0 Å². The average Bonchev–Trinajstić information content (AvgIpc) is 1.98. The molecule has 0 aliphatic carbocycles. The fraction of sp³-hybridized carbons (Fsp3) is 0.375. The summed E-state index contributed by atoms with van der Waals surface area (Å²) in [6.07, 6.45) is 1.42. The summed E-state index contributed by atoms with van der Waals surface area (Å²) in [4.78, 5) is 4.18. The van der Waals surface area contributed by atoms with Crippen LogP contribution in [-0.4, -0.2) is 10.2 Å². The fourth-order valence-electron chi connectivity index (χ4n) is 0.747. The first-order valence-corrected chi connectivity index (χ1v) is 4.83. The summed E-state index contributed by atoms with van der Waals surface area (Å²) in [5.41, 5.74) is 0. The number of hydrogen-bond acceptors (Lipinski definition) is 2. The van der Waals surface area contributed by atoms with Gasteiger partial charge in [0.2, 0.25) is 5.95 Å². The molecule has 12 heavy (non-hydrogen) atoms. The second-order valence-corrected chi connectivity index (χ2v) is 4.58. The molecule has 0 saturated heterocycles. The van der Waals surface area contributed by atoms with Gasteiger partial charge in [0.15, 0.2) is 0 Å². The second-order valence-electron chi connectivity index (χ2n) is 2.58. The van der Waals surface area contributed by atoms with Crippen molar-refractivity contribution in [2.45, 2.75) is 24.0 Å². The predicted molar refractivity (Wildman–Crippen MR) is 50.2 cm³/mol. The van der Waals surface area contributed by atoms with Crippen LogP contribution in [0.25, 0.3) is 0 Å². The Morgan fingerprint density at radius 2 is 2.25 bits per heavy atom. The van der Waals surface area contributed by atoms with Crippen LogP contribution in [-0.2, 0) is 0 Å². The lowest BCUT2D eigenvalue weighted by atomic mass is 10.5. The van der Waals surface area contributed by atoms with Gasteiger partial charge in [0, 0.05) is 16.3 Å². The van der Waals surface area contributed by atoms with Gasteiger partial charge in [0.1, 0.15) is 5.02 Å². The highest BCUT2D eigenvalue weighted by Crippen LogP contribution is 2.30. The molecule has 1 rings (SSSR count). The predicted octanol–water partition coefficient (Wildman–Crippen LogP) is 3.37. The first kappa shape index (κ1) is 9.81. The number of rotatable bonds is 2. The van der Waals surface area contributed by atoms with E-state index in [0.29, 0.717) is 5.25 Å². The van der Waals surface area contributed by atoms with E-state index < -0.39 is 5.95 Å². The van der Waals surface area contributed by atoms with Crippen LogP contribution in [0.4, 0.5) is 4.39 Å². The number of aromatic nitrogens is 1. The largest absolute Gasteiger partial charge is 0.232 e. The summed E-state index contributed by atoms with van der Waals surface area (Å²) in [6, 6.07) is 1.72. The normalized spacial score (nSPS) is 10.8. The first-order chi connectivity index (χ1) is 5.61. The molecule has 0 aliphatic heterocycles. The molecular weight excluding hydrogens is 197 g/mol. The average molecular weight is 206 g/mol. The van der Waals surface area contributed by atoms with Crippen LogP contribution in [0.3, 0.4) is 0 Å². The van der Waals surface area contributed by atoms with Gasteiger partial charge in [0.05, 0.1) is 0 Å². The summed E-state index contributed by atoms with van der Waals surface area (Å²) in [5, 5.41) is 0.514. The van der Waals surface area contributed by atoms with Crippen LogP contribution in [0.2, 0.25) is 5.02 Å². The van der Waals surface area contributed by atoms with Gasteiger partial charge >= 0.3 is 0 Å². The zero-order valence-corrected chi connectivity index (χ0v) is 8.42. The Labute approximate surface area is 80.3 Å². The Morgan fingerprint density at radius 1 is 1.58 bits per heavy atom. The second kappa shape index (κ2) is 4.10. The molecule has 66 valence electrons. The standard InChI is InChI=1S/C8H9ClFNS/c1-5(2)12-6-3-4-11-8(10)7(6)9/h3-5H,1-2H3. The molecule has 0 amide bonds. The van der Waals surface area contributed by atoms with Gasteiger partial charge in [-0.05, 0) is 6.07 Å². The van der Waals surface area contributed by atoms with E-state index in [1.54, 1.807) is 6.07 Å². The van der Waals surface area contributed by atoms with E-state index in [1.807, 2.05) is 13.8 Å². The van der Waals surface area contributed by atoms with Crippen molar-refractivity contribution >= 4 is 23.4 Å². The lowest BCUT2D eigenvalue weighted by Crippen LogP contribution is -1.90. The van der Waals surface area contributed by atoms with Gasteiger partial charge in [-0.1, -0.05) is 25.4 Å². The van der Waals surface area contributed by atoms with Gasteiger partial charge in [-0.15, -0.1) is 11.8 Å². The lowest BCUT2D eigenvalue weighted by Gasteiger charge is -2.05. The Morgan fingerprint density at radius 3 is 2.83 bits per heavy atom. The van der Waals surface area contributed by atoms with Gasteiger partial charge in [-0.2, -0.15) is 4.39 Å². The monoisotopic (exact) mass is 205 g/mol. The first-order valence-electron chi connectivity index (χ1n) is 3.58. The Kier molecular flexibility index (Phi) is 3.35. The number of thioether (sulfide) groups is 1. The minimum atomic E-state index is -0.595. The highest BCUT2D eigenvalue weighted by atomic mass is 35.5. The van der Waals surface area contributed by atoms with Crippen molar-refractivity contribution in [1.29, 1.82) is 0 Å². The van der Waals surface area contributed by atoms with Crippen LogP contribution >= 0.6 is 23.4 Å². The number of nitrogens with zero attached hydrogens (tertiary/aromatic N) is 1. The van der Waals surface area contributed by atoms with E-state index in [-0.39, 0.29) is 5.02 Å². The van der Waals surface area contributed by atoms with Gasteiger partial charge in [-0.25, -0.2) is 4.98 Å². The summed E-state index contributed by atoms with van der Waals surface area (Å²) >= 11 is 7.21. The molecule has 0 aliphatic rings.